The Balaban J connectivity index is 3.05. The zero-order valence-corrected chi connectivity index (χ0v) is 12.7. The fourth-order valence-corrected chi connectivity index (χ4v) is 2.17. The average Bonchev–Trinajstić information content (AvgIpc) is 2.37. The molecular weight excluding hydrogens is 250 g/mol. The molecule has 2 N–H and O–H groups in total. The van der Waals surface area contributed by atoms with Crippen LogP contribution in [0.1, 0.15) is 41.8 Å². The molecule has 0 bridgehead atoms. The van der Waals surface area contributed by atoms with Crippen molar-refractivity contribution in [3.63, 3.8) is 0 Å². The van der Waals surface area contributed by atoms with Crippen molar-refractivity contribution in [3.8, 4) is 6.07 Å². The van der Waals surface area contributed by atoms with E-state index < -0.39 is 0 Å². The van der Waals surface area contributed by atoms with Gasteiger partial charge < -0.3 is 10.6 Å². The molecule has 1 amide bonds. The van der Waals surface area contributed by atoms with Crippen LogP contribution in [-0.4, -0.2) is 23.9 Å². The number of aryl methyl sites for hydroxylation is 2. The van der Waals surface area contributed by atoms with Crippen LogP contribution in [0, 0.1) is 31.1 Å². The minimum Gasteiger partial charge on any atom is -0.398 e. The molecular formula is C16H23N3O. The average molecular weight is 273 g/mol. The maximum absolute atomic E-state index is 12.6. The molecule has 0 unspecified atom stereocenters. The number of carbonyl (C=O) groups is 1. The molecule has 0 aromatic heterocycles. The molecule has 0 aliphatic rings. The molecule has 0 heterocycles. The number of nitrogens with two attached hydrogens (primary N) is 1. The molecule has 108 valence electrons. The number of hydrogen-bond acceptors (Lipinski definition) is 3. The summed E-state index contributed by atoms with van der Waals surface area (Å²) in [7, 11) is 0. The number of carbonyl (C=O) groups excluding carboxylic acids is 1. The molecule has 1 aromatic carbocycles. The SMILES string of the molecule is Cc1cc(C)c(C(=O)N(CCC#N)CC(C)C)cc1N. The third kappa shape index (κ3) is 3.99. The molecule has 4 nitrogen and oxygen atoms in total. The van der Waals surface area contributed by atoms with Crippen LogP contribution in [0.25, 0.3) is 0 Å². The summed E-state index contributed by atoms with van der Waals surface area (Å²) in [6, 6.07) is 5.77. The first-order valence-corrected chi connectivity index (χ1v) is 6.89. The van der Waals surface area contributed by atoms with E-state index in [4.69, 9.17) is 11.0 Å². The molecule has 1 aromatic rings. The summed E-state index contributed by atoms with van der Waals surface area (Å²) in [5, 5.41) is 8.73. The molecule has 1 rings (SSSR count). The van der Waals surface area contributed by atoms with Gasteiger partial charge in [0.25, 0.3) is 5.91 Å². The number of amides is 1. The van der Waals surface area contributed by atoms with E-state index in [9.17, 15) is 4.79 Å². The predicted molar refractivity (Wildman–Crippen MR) is 81.3 cm³/mol. The van der Waals surface area contributed by atoms with Crippen molar-refractivity contribution in [1.29, 1.82) is 5.26 Å². The van der Waals surface area contributed by atoms with Crippen LogP contribution in [0.5, 0.6) is 0 Å². The van der Waals surface area contributed by atoms with E-state index in [0.29, 0.717) is 36.7 Å². The Hall–Kier alpha value is -2.02. The van der Waals surface area contributed by atoms with Gasteiger partial charge in [-0.1, -0.05) is 19.9 Å². The van der Waals surface area contributed by atoms with Crippen LogP contribution in [0.15, 0.2) is 12.1 Å². The highest BCUT2D eigenvalue weighted by Gasteiger charge is 2.19. The third-order valence-corrected chi connectivity index (χ3v) is 3.21. The lowest BCUT2D eigenvalue weighted by atomic mass is 10.0. The Kier molecular flexibility index (Phi) is 5.57. The van der Waals surface area contributed by atoms with Crippen LogP contribution in [-0.2, 0) is 0 Å². The van der Waals surface area contributed by atoms with Crippen molar-refractivity contribution in [3.05, 3.63) is 28.8 Å². The standard InChI is InChI=1S/C16H23N3O/c1-11(2)10-19(7-5-6-17)16(20)14-9-15(18)13(4)8-12(14)3/h8-9,11H,5,7,10,18H2,1-4H3. The summed E-state index contributed by atoms with van der Waals surface area (Å²) in [5.74, 6) is 0.318. The molecule has 0 fully saturated rings. The third-order valence-electron chi connectivity index (χ3n) is 3.21. The monoisotopic (exact) mass is 273 g/mol. The molecule has 0 radical (unpaired) electrons. The first-order chi connectivity index (χ1) is 9.36. The molecule has 0 saturated heterocycles. The number of nitrogen functional groups attached to an aromatic ring is 1. The van der Waals surface area contributed by atoms with E-state index in [2.05, 4.69) is 19.9 Å². The van der Waals surface area contributed by atoms with Crippen molar-refractivity contribution < 1.29 is 4.79 Å². The maximum atomic E-state index is 12.6. The van der Waals surface area contributed by atoms with Crippen molar-refractivity contribution in [2.45, 2.75) is 34.1 Å². The second-order valence-corrected chi connectivity index (χ2v) is 5.58. The van der Waals surface area contributed by atoms with Gasteiger partial charge in [-0.3, -0.25) is 4.79 Å². The Labute approximate surface area is 121 Å². The highest BCUT2D eigenvalue weighted by Crippen LogP contribution is 2.20. The van der Waals surface area contributed by atoms with E-state index in [1.807, 2.05) is 19.9 Å². The summed E-state index contributed by atoms with van der Waals surface area (Å²) in [5.41, 5.74) is 9.07. The molecule has 0 spiro atoms. The van der Waals surface area contributed by atoms with Crippen LogP contribution < -0.4 is 5.73 Å². The largest absolute Gasteiger partial charge is 0.398 e. The van der Waals surface area contributed by atoms with E-state index >= 15 is 0 Å². The number of benzene rings is 1. The lowest BCUT2D eigenvalue weighted by Gasteiger charge is -2.24. The van der Waals surface area contributed by atoms with Gasteiger partial charge in [-0.25, -0.2) is 0 Å². The summed E-state index contributed by atoms with van der Waals surface area (Å²) in [6.45, 7) is 9.07. The first kappa shape index (κ1) is 16.0. The number of rotatable bonds is 5. The van der Waals surface area contributed by atoms with Gasteiger partial charge in [0.05, 0.1) is 12.5 Å². The van der Waals surface area contributed by atoms with Gasteiger partial charge in [0.15, 0.2) is 0 Å². The fourth-order valence-electron chi connectivity index (χ4n) is 2.17. The van der Waals surface area contributed by atoms with Crippen LogP contribution in [0.2, 0.25) is 0 Å². The Bertz CT molecular complexity index is 529. The quantitative estimate of drug-likeness (QED) is 0.838. The van der Waals surface area contributed by atoms with E-state index in [1.165, 1.54) is 0 Å². The molecule has 20 heavy (non-hydrogen) atoms. The first-order valence-electron chi connectivity index (χ1n) is 6.89. The lowest BCUT2D eigenvalue weighted by Crippen LogP contribution is -2.35. The van der Waals surface area contributed by atoms with E-state index in [0.717, 1.165) is 11.1 Å². The van der Waals surface area contributed by atoms with Crippen LogP contribution in [0.4, 0.5) is 5.69 Å². The fraction of sp³-hybridized carbons (Fsp3) is 0.500. The van der Waals surface area contributed by atoms with Gasteiger partial charge in [0.1, 0.15) is 0 Å². The molecule has 0 aliphatic carbocycles. The lowest BCUT2D eigenvalue weighted by molar-refractivity contribution is 0.0739. The van der Waals surface area contributed by atoms with Crippen LogP contribution >= 0.6 is 0 Å². The number of nitriles is 1. The van der Waals surface area contributed by atoms with Gasteiger partial charge in [0, 0.05) is 24.3 Å². The van der Waals surface area contributed by atoms with E-state index in [1.54, 1.807) is 11.0 Å². The Morgan fingerprint density at radius 2 is 2.00 bits per heavy atom. The predicted octanol–water partition coefficient (Wildman–Crippen LogP) is 2.90. The van der Waals surface area contributed by atoms with Gasteiger partial charge in [-0.05, 0) is 37.0 Å². The number of anilines is 1. The summed E-state index contributed by atoms with van der Waals surface area (Å²) < 4.78 is 0. The minimum absolute atomic E-state index is 0.0434. The van der Waals surface area contributed by atoms with Crippen LogP contribution in [0.3, 0.4) is 0 Å². The number of nitrogens with zero attached hydrogens (tertiary/aromatic N) is 2. The second-order valence-electron chi connectivity index (χ2n) is 5.58. The smallest absolute Gasteiger partial charge is 0.254 e. The molecule has 4 heteroatoms. The topological polar surface area (TPSA) is 70.1 Å². The zero-order chi connectivity index (χ0) is 15.3. The molecule has 0 aliphatic heterocycles. The Morgan fingerprint density at radius 1 is 1.35 bits per heavy atom. The highest BCUT2D eigenvalue weighted by atomic mass is 16.2. The van der Waals surface area contributed by atoms with Crippen molar-refractivity contribution in [2.75, 3.05) is 18.8 Å². The maximum Gasteiger partial charge on any atom is 0.254 e. The van der Waals surface area contributed by atoms with Crippen molar-refractivity contribution in [1.82, 2.24) is 4.90 Å². The van der Waals surface area contributed by atoms with Gasteiger partial charge >= 0.3 is 0 Å². The normalized spacial score (nSPS) is 10.4. The van der Waals surface area contributed by atoms with Gasteiger partial charge in [-0.2, -0.15) is 5.26 Å². The summed E-state index contributed by atoms with van der Waals surface area (Å²) in [6.07, 6.45) is 0.346. The number of hydrogen-bond donors (Lipinski definition) is 1. The summed E-state index contributed by atoms with van der Waals surface area (Å²) in [4.78, 5) is 14.4. The minimum atomic E-state index is -0.0434. The van der Waals surface area contributed by atoms with Gasteiger partial charge in [-0.15, -0.1) is 0 Å². The van der Waals surface area contributed by atoms with Crippen molar-refractivity contribution >= 4 is 11.6 Å². The zero-order valence-electron chi connectivity index (χ0n) is 12.7. The Morgan fingerprint density at radius 3 is 2.55 bits per heavy atom. The molecule has 0 atom stereocenters. The molecule has 0 saturated carbocycles. The van der Waals surface area contributed by atoms with Crippen molar-refractivity contribution in [2.24, 2.45) is 5.92 Å². The van der Waals surface area contributed by atoms with E-state index in [-0.39, 0.29) is 5.91 Å². The highest BCUT2D eigenvalue weighted by molar-refractivity contribution is 5.96. The van der Waals surface area contributed by atoms with Gasteiger partial charge in [0.2, 0.25) is 0 Å². The second kappa shape index (κ2) is 6.95. The summed E-state index contributed by atoms with van der Waals surface area (Å²) >= 11 is 0.